The maximum Gasteiger partial charge on any atom is 0.249 e. The highest BCUT2D eigenvalue weighted by molar-refractivity contribution is 5.85. The Morgan fingerprint density at radius 2 is 2.11 bits per heavy atom. The van der Waals surface area contributed by atoms with E-state index in [0.29, 0.717) is 30.0 Å². The van der Waals surface area contributed by atoms with Gasteiger partial charge in [-0.2, -0.15) is 4.98 Å². The summed E-state index contributed by atoms with van der Waals surface area (Å²) >= 11 is 0. The molecular formula is C20H29ClN4O3. The third-order valence-electron chi connectivity index (χ3n) is 5.21. The van der Waals surface area contributed by atoms with Gasteiger partial charge >= 0.3 is 0 Å². The third kappa shape index (κ3) is 5.69. The molecule has 1 aromatic heterocycles. The molecule has 1 saturated heterocycles. The Balaban J connectivity index is 0.00000280. The number of benzene rings is 1. The van der Waals surface area contributed by atoms with Gasteiger partial charge in [0, 0.05) is 12.0 Å². The van der Waals surface area contributed by atoms with Crippen LogP contribution in [0.25, 0.3) is 11.4 Å². The molecule has 0 bridgehead atoms. The van der Waals surface area contributed by atoms with Crippen molar-refractivity contribution in [2.75, 3.05) is 20.2 Å². The first kappa shape index (κ1) is 22.2. The molecule has 2 unspecified atom stereocenters. The third-order valence-corrected chi connectivity index (χ3v) is 5.21. The van der Waals surface area contributed by atoms with Crippen LogP contribution in [-0.2, 0) is 4.79 Å². The maximum absolute atomic E-state index is 12.4. The van der Waals surface area contributed by atoms with Crippen LogP contribution in [0.3, 0.4) is 0 Å². The molecule has 2 heterocycles. The molecule has 2 aromatic rings. The number of nitrogens with one attached hydrogen (secondary N) is 2. The molecule has 0 aliphatic carbocycles. The van der Waals surface area contributed by atoms with E-state index in [-0.39, 0.29) is 24.4 Å². The van der Waals surface area contributed by atoms with Crippen LogP contribution in [0.15, 0.2) is 28.8 Å². The van der Waals surface area contributed by atoms with Crippen molar-refractivity contribution in [1.82, 2.24) is 20.8 Å². The van der Waals surface area contributed by atoms with Gasteiger partial charge in [0.05, 0.1) is 7.11 Å². The molecule has 0 spiro atoms. The molecule has 8 heteroatoms. The largest absolute Gasteiger partial charge is 0.497 e. The van der Waals surface area contributed by atoms with E-state index in [1.165, 1.54) is 0 Å². The predicted molar refractivity (Wildman–Crippen MR) is 109 cm³/mol. The Morgan fingerprint density at radius 3 is 2.82 bits per heavy atom. The van der Waals surface area contributed by atoms with E-state index in [0.717, 1.165) is 37.2 Å². The molecule has 1 aromatic carbocycles. The van der Waals surface area contributed by atoms with Crippen LogP contribution < -0.4 is 15.4 Å². The molecule has 1 aliphatic heterocycles. The second kappa shape index (κ2) is 10.4. The molecule has 2 N–H and O–H groups in total. The van der Waals surface area contributed by atoms with Crippen molar-refractivity contribution >= 4 is 18.3 Å². The highest BCUT2D eigenvalue weighted by atomic mass is 35.5. The van der Waals surface area contributed by atoms with Gasteiger partial charge in [0.25, 0.3) is 0 Å². The van der Waals surface area contributed by atoms with Gasteiger partial charge in [-0.15, -0.1) is 12.4 Å². The average Bonchev–Trinajstić information content (AvgIpc) is 3.19. The van der Waals surface area contributed by atoms with E-state index < -0.39 is 0 Å². The zero-order valence-corrected chi connectivity index (χ0v) is 17.4. The van der Waals surface area contributed by atoms with E-state index in [1.807, 2.05) is 31.2 Å². The van der Waals surface area contributed by atoms with Gasteiger partial charge in [-0.25, -0.2) is 0 Å². The first-order chi connectivity index (χ1) is 13.1. The van der Waals surface area contributed by atoms with Crippen molar-refractivity contribution in [3.05, 3.63) is 30.2 Å². The van der Waals surface area contributed by atoms with Crippen LogP contribution in [0.2, 0.25) is 0 Å². The number of methoxy groups -OCH3 is 1. The van der Waals surface area contributed by atoms with Gasteiger partial charge in [0.15, 0.2) is 0 Å². The van der Waals surface area contributed by atoms with Crippen LogP contribution in [0.1, 0.15) is 45.0 Å². The van der Waals surface area contributed by atoms with E-state index in [1.54, 1.807) is 7.11 Å². The lowest BCUT2D eigenvalue weighted by molar-refractivity contribution is -0.123. The zero-order chi connectivity index (χ0) is 19.2. The van der Waals surface area contributed by atoms with Crippen LogP contribution >= 0.6 is 12.4 Å². The monoisotopic (exact) mass is 408 g/mol. The van der Waals surface area contributed by atoms with Gasteiger partial charge in [-0.05, 0) is 56.8 Å². The topological polar surface area (TPSA) is 89.3 Å². The van der Waals surface area contributed by atoms with E-state index >= 15 is 0 Å². The highest BCUT2D eigenvalue weighted by Crippen LogP contribution is 2.25. The number of carbonyl (C=O) groups excluding carboxylic acids is 1. The normalized spacial score (nSPS) is 16.7. The SMILES string of the molecule is COc1cccc(-c2noc(C(C)NC(=O)CC(C)C3CCNCC3)n2)c1.Cl. The summed E-state index contributed by atoms with van der Waals surface area (Å²) in [7, 11) is 1.61. The fraction of sp³-hybridized carbons (Fsp3) is 0.550. The van der Waals surface area contributed by atoms with Crippen molar-refractivity contribution < 1.29 is 14.1 Å². The van der Waals surface area contributed by atoms with E-state index in [2.05, 4.69) is 27.7 Å². The van der Waals surface area contributed by atoms with Gasteiger partial charge in [0.1, 0.15) is 11.8 Å². The van der Waals surface area contributed by atoms with Crippen LogP contribution in [0.4, 0.5) is 0 Å². The number of hydrogen-bond donors (Lipinski definition) is 2. The second-order valence-electron chi connectivity index (χ2n) is 7.25. The van der Waals surface area contributed by atoms with Crippen molar-refractivity contribution in [2.24, 2.45) is 11.8 Å². The van der Waals surface area contributed by atoms with Crippen molar-refractivity contribution in [3.63, 3.8) is 0 Å². The number of ether oxygens (including phenoxy) is 1. The van der Waals surface area contributed by atoms with Gasteiger partial charge in [0.2, 0.25) is 17.6 Å². The van der Waals surface area contributed by atoms with Gasteiger partial charge in [-0.1, -0.05) is 24.2 Å². The lowest BCUT2D eigenvalue weighted by Crippen LogP contribution is -2.34. The lowest BCUT2D eigenvalue weighted by atomic mass is 9.84. The summed E-state index contributed by atoms with van der Waals surface area (Å²) in [6.07, 6.45) is 2.79. The summed E-state index contributed by atoms with van der Waals surface area (Å²) in [6.45, 7) is 6.11. The zero-order valence-electron chi connectivity index (χ0n) is 16.6. The Morgan fingerprint density at radius 1 is 1.36 bits per heavy atom. The van der Waals surface area contributed by atoms with Crippen LogP contribution in [0, 0.1) is 11.8 Å². The Kier molecular flexibility index (Phi) is 8.26. The maximum atomic E-state index is 12.4. The minimum Gasteiger partial charge on any atom is -0.497 e. The Bertz CT molecular complexity index is 761. The number of rotatable bonds is 7. The van der Waals surface area contributed by atoms with E-state index in [9.17, 15) is 4.79 Å². The first-order valence-electron chi connectivity index (χ1n) is 9.55. The van der Waals surface area contributed by atoms with Gasteiger partial charge in [-0.3, -0.25) is 4.79 Å². The van der Waals surface area contributed by atoms with E-state index in [4.69, 9.17) is 9.26 Å². The molecule has 1 aliphatic rings. The molecule has 3 rings (SSSR count). The van der Waals surface area contributed by atoms with Crippen molar-refractivity contribution in [1.29, 1.82) is 0 Å². The minimum atomic E-state index is -0.329. The Hall–Kier alpha value is -2.12. The Labute approximate surface area is 172 Å². The summed E-state index contributed by atoms with van der Waals surface area (Å²) in [4.78, 5) is 16.8. The minimum absolute atomic E-state index is 0. The summed E-state index contributed by atoms with van der Waals surface area (Å²) in [5.74, 6) is 2.61. The molecular weight excluding hydrogens is 380 g/mol. The molecule has 28 heavy (non-hydrogen) atoms. The molecule has 1 amide bonds. The van der Waals surface area contributed by atoms with Gasteiger partial charge < -0.3 is 19.9 Å². The van der Waals surface area contributed by atoms with Crippen molar-refractivity contribution in [2.45, 2.75) is 39.2 Å². The van der Waals surface area contributed by atoms with Crippen molar-refractivity contribution in [3.8, 4) is 17.1 Å². The number of hydrogen-bond acceptors (Lipinski definition) is 6. The molecule has 0 radical (unpaired) electrons. The summed E-state index contributed by atoms with van der Waals surface area (Å²) < 4.78 is 10.6. The van der Waals surface area contributed by atoms with Crippen LogP contribution in [-0.4, -0.2) is 36.2 Å². The number of nitrogens with zero attached hydrogens (tertiary/aromatic N) is 2. The number of halogens is 1. The van der Waals surface area contributed by atoms with Crippen LogP contribution in [0.5, 0.6) is 5.75 Å². The standard InChI is InChI=1S/C20H28N4O3.ClH/c1-13(15-7-9-21-10-8-15)11-18(25)22-14(2)20-23-19(24-27-20)16-5-4-6-17(12-16)26-3;/h4-6,12-15,21H,7-11H2,1-3H3,(H,22,25);1H. The molecule has 7 nitrogen and oxygen atoms in total. The highest BCUT2D eigenvalue weighted by Gasteiger charge is 2.24. The second-order valence-corrected chi connectivity index (χ2v) is 7.25. The summed E-state index contributed by atoms with van der Waals surface area (Å²) in [5.41, 5.74) is 0.808. The fourth-order valence-corrected chi connectivity index (χ4v) is 3.53. The number of aromatic nitrogens is 2. The predicted octanol–water partition coefficient (Wildman–Crippen LogP) is 3.37. The quantitative estimate of drug-likeness (QED) is 0.730. The lowest BCUT2D eigenvalue weighted by Gasteiger charge is -2.28. The number of piperidine rings is 1. The molecule has 1 fully saturated rings. The molecule has 154 valence electrons. The average molecular weight is 409 g/mol. The summed E-state index contributed by atoms with van der Waals surface area (Å²) in [6, 6.07) is 7.14. The molecule has 0 saturated carbocycles. The molecule has 2 atom stereocenters. The smallest absolute Gasteiger partial charge is 0.249 e. The number of amides is 1. The number of carbonyl (C=O) groups is 1. The fourth-order valence-electron chi connectivity index (χ4n) is 3.53. The first-order valence-corrected chi connectivity index (χ1v) is 9.55. The summed E-state index contributed by atoms with van der Waals surface area (Å²) in [5, 5.41) is 10.4.